The number of hydrogen-bond acceptors (Lipinski definition) is 1. The van der Waals surface area contributed by atoms with E-state index in [1.165, 1.54) is 38.5 Å². The van der Waals surface area contributed by atoms with Crippen LogP contribution >= 0.6 is 11.6 Å². The third kappa shape index (κ3) is 1.41. The summed E-state index contributed by atoms with van der Waals surface area (Å²) < 4.78 is 0. The Morgan fingerprint density at radius 3 is 1.85 bits per heavy atom. The average Bonchev–Trinajstić information content (AvgIpc) is 2.61. The van der Waals surface area contributed by atoms with Crippen molar-refractivity contribution in [3.05, 3.63) is 0 Å². The van der Waals surface area contributed by atoms with Crippen molar-refractivity contribution in [3.63, 3.8) is 0 Å². The predicted molar refractivity (Wildman–Crippen MR) is 55.0 cm³/mol. The summed E-state index contributed by atoms with van der Waals surface area (Å²) in [6, 6.07) is 0. The Kier molecular flexibility index (Phi) is 2.59. The van der Waals surface area contributed by atoms with Crippen molar-refractivity contribution < 1.29 is 5.11 Å². The van der Waals surface area contributed by atoms with Crippen molar-refractivity contribution in [3.8, 4) is 0 Å². The molecule has 1 nitrogen and oxygen atoms in total. The van der Waals surface area contributed by atoms with Gasteiger partial charge in [-0.1, -0.05) is 25.7 Å². The van der Waals surface area contributed by atoms with E-state index in [1.807, 2.05) is 0 Å². The molecule has 2 aliphatic rings. The lowest BCUT2D eigenvalue weighted by Gasteiger charge is -2.48. The lowest BCUT2D eigenvalue weighted by Crippen LogP contribution is -2.50. The highest BCUT2D eigenvalue weighted by Crippen LogP contribution is 2.54. The van der Waals surface area contributed by atoms with Crippen LogP contribution in [0.15, 0.2) is 0 Å². The summed E-state index contributed by atoms with van der Waals surface area (Å²) >= 11 is 5.94. The van der Waals surface area contributed by atoms with Crippen LogP contribution in [0.2, 0.25) is 0 Å². The SMILES string of the molecule is OC1(CCl)CCCCC12CCCC2. The standard InChI is InChI=1S/C11H19ClO/c12-9-11(13)8-4-3-7-10(11)5-1-2-6-10/h13H,1-9H2. The molecular formula is C11H19ClO. The van der Waals surface area contributed by atoms with Gasteiger partial charge in [0.05, 0.1) is 11.5 Å². The van der Waals surface area contributed by atoms with Gasteiger partial charge in [-0.3, -0.25) is 0 Å². The maximum Gasteiger partial charge on any atom is 0.0838 e. The van der Waals surface area contributed by atoms with Gasteiger partial charge in [-0.15, -0.1) is 11.6 Å². The van der Waals surface area contributed by atoms with E-state index in [0.29, 0.717) is 5.88 Å². The fourth-order valence-corrected chi connectivity index (χ4v) is 3.77. The fraction of sp³-hybridized carbons (Fsp3) is 1.00. The molecule has 1 atom stereocenters. The molecule has 2 fully saturated rings. The summed E-state index contributed by atoms with van der Waals surface area (Å²) in [7, 11) is 0. The van der Waals surface area contributed by atoms with Crippen LogP contribution in [0.3, 0.4) is 0 Å². The van der Waals surface area contributed by atoms with Gasteiger partial charge in [0.15, 0.2) is 0 Å². The first-order chi connectivity index (χ1) is 6.22. The van der Waals surface area contributed by atoms with E-state index in [9.17, 15) is 5.11 Å². The highest BCUT2D eigenvalue weighted by Gasteiger charge is 2.51. The lowest BCUT2D eigenvalue weighted by atomic mass is 9.63. The molecule has 0 radical (unpaired) electrons. The van der Waals surface area contributed by atoms with Crippen molar-refractivity contribution in [1.29, 1.82) is 0 Å². The Bertz CT molecular complexity index is 187. The van der Waals surface area contributed by atoms with Crippen LogP contribution in [0.1, 0.15) is 51.4 Å². The number of aliphatic hydroxyl groups is 1. The number of alkyl halides is 1. The molecule has 0 amide bonds. The lowest BCUT2D eigenvalue weighted by molar-refractivity contribution is -0.0949. The van der Waals surface area contributed by atoms with E-state index in [2.05, 4.69) is 0 Å². The smallest absolute Gasteiger partial charge is 0.0838 e. The van der Waals surface area contributed by atoms with Crippen LogP contribution in [-0.4, -0.2) is 16.6 Å². The van der Waals surface area contributed by atoms with Crippen molar-refractivity contribution in [2.24, 2.45) is 5.41 Å². The Morgan fingerprint density at radius 2 is 1.38 bits per heavy atom. The first-order valence-electron chi connectivity index (χ1n) is 5.51. The molecule has 1 unspecified atom stereocenters. The van der Waals surface area contributed by atoms with Gasteiger partial charge in [0, 0.05) is 5.41 Å². The maximum atomic E-state index is 10.5. The van der Waals surface area contributed by atoms with Crippen molar-refractivity contribution in [1.82, 2.24) is 0 Å². The highest BCUT2D eigenvalue weighted by molar-refractivity contribution is 6.18. The Balaban J connectivity index is 2.21. The van der Waals surface area contributed by atoms with E-state index in [4.69, 9.17) is 11.6 Å². The Labute approximate surface area is 85.5 Å². The number of rotatable bonds is 1. The highest BCUT2D eigenvalue weighted by atomic mass is 35.5. The summed E-state index contributed by atoms with van der Waals surface area (Å²) in [5.74, 6) is 0.438. The van der Waals surface area contributed by atoms with Crippen LogP contribution in [0.5, 0.6) is 0 Å². The quantitative estimate of drug-likeness (QED) is 0.648. The van der Waals surface area contributed by atoms with Crippen molar-refractivity contribution >= 4 is 11.6 Å². The van der Waals surface area contributed by atoms with E-state index in [-0.39, 0.29) is 5.41 Å². The molecule has 76 valence electrons. The molecule has 13 heavy (non-hydrogen) atoms. The van der Waals surface area contributed by atoms with Crippen LogP contribution in [0, 0.1) is 5.41 Å². The summed E-state index contributed by atoms with van der Waals surface area (Å²) in [6.07, 6.45) is 9.57. The Hall–Kier alpha value is 0.250. The molecule has 2 aliphatic carbocycles. The second-order valence-corrected chi connectivity index (χ2v) is 5.13. The molecule has 1 N–H and O–H groups in total. The minimum Gasteiger partial charge on any atom is -0.388 e. The van der Waals surface area contributed by atoms with Crippen molar-refractivity contribution in [2.45, 2.75) is 57.0 Å². The van der Waals surface area contributed by atoms with E-state index >= 15 is 0 Å². The normalized spacial score (nSPS) is 38.3. The second kappa shape index (κ2) is 3.43. The minimum atomic E-state index is -0.538. The molecule has 0 aliphatic heterocycles. The zero-order chi connectivity index (χ0) is 9.36. The van der Waals surface area contributed by atoms with Gasteiger partial charge in [0.25, 0.3) is 0 Å². The van der Waals surface area contributed by atoms with Gasteiger partial charge in [-0.25, -0.2) is 0 Å². The second-order valence-electron chi connectivity index (χ2n) is 4.86. The summed E-state index contributed by atoms with van der Waals surface area (Å²) in [6.45, 7) is 0. The molecule has 0 aromatic rings. The largest absolute Gasteiger partial charge is 0.388 e. The van der Waals surface area contributed by atoms with Gasteiger partial charge in [0.2, 0.25) is 0 Å². The van der Waals surface area contributed by atoms with E-state index in [0.717, 1.165) is 12.8 Å². The van der Waals surface area contributed by atoms with Crippen molar-refractivity contribution in [2.75, 3.05) is 5.88 Å². The summed E-state index contributed by atoms with van der Waals surface area (Å²) in [5, 5.41) is 10.5. The molecule has 2 rings (SSSR count). The van der Waals surface area contributed by atoms with Crippen LogP contribution in [0.25, 0.3) is 0 Å². The first-order valence-corrected chi connectivity index (χ1v) is 6.04. The van der Waals surface area contributed by atoms with Crippen LogP contribution in [-0.2, 0) is 0 Å². The van der Waals surface area contributed by atoms with Crippen LogP contribution < -0.4 is 0 Å². The summed E-state index contributed by atoms with van der Waals surface area (Å²) in [5.41, 5.74) is -0.337. The summed E-state index contributed by atoms with van der Waals surface area (Å²) in [4.78, 5) is 0. The van der Waals surface area contributed by atoms with E-state index in [1.54, 1.807) is 0 Å². The zero-order valence-corrected chi connectivity index (χ0v) is 8.95. The molecule has 1 spiro atoms. The minimum absolute atomic E-state index is 0.201. The first kappa shape index (κ1) is 9.79. The maximum absolute atomic E-state index is 10.5. The topological polar surface area (TPSA) is 20.2 Å². The molecule has 0 saturated heterocycles. The third-order valence-corrected chi connectivity index (χ3v) is 4.71. The molecule has 2 heteroatoms. The molecule has 0 aromatic heterocycles. The zero-order valence-electron chi connectivity index (χ0n) is 8.19. The molecule has 0 heterocycles. The molecular weight excluding hydrogens is 184 g/mol. The molecule has 2 saturated carbocycles. The van der Waals surface area contributed by atoms with Gasteiger partial charge >= 0.3 is 0 Å². The van der Waals surface area contributed by atoms with Gasteiger partial charge in [-0.2, -0.15) is 0 Å². The number of hydrogen-bond donors (Lipinski definition) is 1. The van der Waals surface area contributed by atoms with Gasteiger partial charge < -0.3 is 5.11 Å². The number of halogens is 1. The van der Waals surface area contributed by atoms with E-state index < -0.39 is 5.60 Å². The third-order valence-electron chi connectivity index (χ3n) is 4.26. The van der Waals surface area contributed by atoms with Gasteiger partial charge in [0.1, 0.15) is 0 Å². The Morgan fingerprint density at radius 1 is 0.923 bits per heavy atom. The molecule has 0 bridgehead atoms. The average molecular weight is 203 g/mol. The van der Waals surface area contributed by atoms with Crippen LogP contribution in [0.4, 0.5) is 0 Å². The fourth-order valence-electron chi connectivity index (χ4n) is 3.35. The predicted octanol–water partition coefficient (Wildman–Crippen LogP) is 3.09. The molecule has 0 aromatic carbocycles. The monoisotopic (exact) mass is 202 g/mol. The van der Waals surface area contributed by atoms with Gasteiger partial charge in [-0.05, 0) is 25.7 Å².